The number of likely N-dealkylation sites (tertiary alicyclic amines) is 1. The topological polar surface area (TPSA) is 82.8 Å². The smallest absolute Gasteiger partial charge is 0.255 e. The van der Waals surface area contributed by atoms with Crippen molar-refractivity contribution in [2.45, 2.75) is 95.6 Å². The quantitative estimate of drug-likeness (QED) is 0.485. The highest BCUT2D eigenvalue weighted by Gasteiger charge is 2.54. The Hall–Kier alpha value is -2.93. The molecule has 7 nitrogen and oxygen atoms in total. The Kier molecular flexibility index (Phi) is 9.03. The molecule has 2 aromatic rings. The van der Waals surface area contributed by atoms with E-state index in [0.29, 0.717) is 43.0 Å². The van der Waals surface area contributed by atoms with E-state index in [9.17, 15) is 19.5 Å². The molecule has 1 aliphatic heterocycles. The standard InChI is InChI=1S/C34H47N3O4/c1-35(2)32(40)29-23-37(31(39)22-28(29)27-14-8-4-9-15-27)25-34(41)20-21-36(24-33(34)18-10-5-11-19-33)30(38)17-16-26-12-6-3-7-13-26/h4,8-9,14-15,22-23,26,41H,3,5-7,10-13,16-21,24-25H2,1-2H3. The van der Waals surface area contributed by atoms with Crippen LogP contribution in [0.1, 0.15) is 93.8 Å². The molecule has 222 valence electrons. The molecule has 2 saturated carbocycles. The molecule has 2 amide bonds. The van der Waals surface area contributed by atoms with Gasteiger partial charge in [0.1, 0.15) is 0 Å². The summed E-state index contributed by atoms with van der Waals surface area (Å²) in [4.78, 5) is 43.7. The Morgan fingerprint density at radius 1 is 0.976 bits per heavy atom. The summed E-state index contributed by atoms with van der Waals surface area (Å²) in [5.74, 6) is 0.698. The van der Waals surface area contributed by atoms with Gasteiger partial charge in [0.25, 0.3) is 11.5 Å². The highest BCUT2D eigenvalue weighted by Crippen LogP contribution is 2.50. The molecule has 1 aromatic heterocycles. The van der Waals surface area contributed by atoms with Crippen LogP contribution in [0.25, 0.3) is 11.1 Å². The van der Waals surface area contributed by atoms with Crippen molar-refractivity contribution >= 4 is 11.8 Å². The van der Waals surface area contributed by atoms with Crippen molar-refractivity contribution in [3.63, 3.8) is 0 Å². The maximum atomic E-state index is 13.5. The van der Waals surface area contributed by atoms with Crippen LogP contribution in [0.15, 0.2) is 47.4 Å². The van der Waals surface area contributed by atoms with Crippen molar-refractivity contribution in [2.75, 3.05) is 27.2 Å². The van der Waals surface area contributed by atoms with E-state index in [4.69, 9.17) is 0 Å². The van der Waals surface area contributed by atoms with Gasteiger partial charge in [-0.05, 0) is 37.2 Å². The molecule has 7 heteroatoms. The van der Waals surface area contributed by atoms with Gasteiger partial charge < -0.3 is 19.5 Å². The maximum absolute atomic E-state index is 13.5. The van der Waals surface area contributed by atoms with Crippen molar-refractivity contribution in [3.8, 4) is 11.1 Å². The van der Waals surface area contributed by atoms with Gasteiger partial charge in [0.2, 0.25) is 5.91 Å². The normalized spacial score (nSPS) is 23.0. The van der Waals surface area contributed by atoms with Crippen LogP contribution in [0.5, 0.6) is 0 Å². The summed E-state index contributed by atoms with van der Waals surface area (Å²) in [5.41, 5.74) is 0.0341. The van der Waals surface area contributed by atoms with Gasteiger partial charge in [0.15, 0.2) is 0 Å². The highest BCUT2D eigenvalue weighted by atomic mass is 16.3. The molecule has 2 heterocycles. The third-order valence-electron chi connectivity index (χ3n) is 10.2. The fraction of sp³-hybridized carbons (Fsp3) is 0.618. The molecule has 0 bridgehead atoms. The minimum absolute atomic E-state index is 0.124. The number of piperidine rings is 1. The molecule has 1 unspecified atom stereocenters. The maximum Gasteiger partial charge on any atom is 0.255 e. The Morgan fingerprint density at radius 3 is 2.34 bits per heavy atom. The lowest BCUT2D eigenvalue weighted by atomic mass is 9.60. The molecule has 1 atom stereocenters. The van der Waals surface area contributed by atoms with Gasteiger partial charge in [-0.2, -0.15) is 0 Å². The minimum atomic E-state index is -1.13. The molecule has 41 heavy (non-hydrogen) atoms. The van der Waals surface area contributed by atoms with Crippen LogP contribution in [0, 0.1) is 11.3 Å². The summed E-state index contributed by atoms with van der Waals surface area (Å²) in [7, 11) is 3.41. The van der Waals surface area contributed by atoms with E-state index in [1.54, 1.807) is 24.9 Å². The molecule has 1 N–H and O–H groups in total. The average molecular weight is 562 g/mol. The van der Waals surface area contributed by atoms with E-state index in [1.807, 2.05) is 35.2 Å². The molecule has 5 rings (SSSR count). The van der Waals surface area contributed by atoms with Crippen LogP contribution in [0.4, 0.5) is 0 Å². The van der Waals surface area contributed by atoms with Crippen molar-refractivity contribution < 1.29 is 14.7 Å². The van der Waals surface area contributed by atoms with Crippen LogP contribution >= 0.6 is 0 Å². The summed E-state index contributed by atoms with van der Waals surface area (Å²) in [6.45, 7) is 1.17. The van der Waals surface area contributed by atoms with Crippen LogP contribution in [-0.4, -0.2) is 64.1 Å². The number of hydrogen-bond donors (Lipinski definition) is 1. The van der Waals surface area contributed by atoms with Crippen LogP contribution in [-0.2, 0) is 11.3 Å². The molecule has 1 spiro atoms. The van der Waals surface area contributed by atoms with Crippen molar-refractivity contribution in [1.82, 2.24) is 14.4 Å². The van der Waals surface area contributed by atoms with E-state index in [-0.39, 0.29) is 23.9 Å². The Bertz CT molecular complexity index is 1270. The second-order valence-electron chi connectivity index (χ2n) is 13.1. The van der Waals surface area contributed by atoms with E-state index < -0.39 is 11.0 Å². The van der Waals surface area contributed by atoms with Crippen LogP contribution in [0.3, 0.4) is 0 Å². The zero-order valence-corrected chi connectivity index (χ0v) is 24.9. The van der Waals surface area contributed by atoms with Crippen LogP contribution in [0.2, 0.25) is 0 Å². The van der Waals surface area contributed by atoms with Crippen molar-refractivity contribution in [2.24, 2.45) is 11.3 Å². The summed E-state index contributed by atoms with van der Waals surface area (Å²) in [6.07, 6.45) is 14.9. The number of carbonyl (C=O) groups is 2. The van der Waals surface area contributed by atoms with E-state index >= 15 is 0 Å². The van der Waals surface area contributed by atoms with Gasteiger partial charge in [-0.25, -0.2) is 0 Å². The molecular weight excluding hydrogens is 514 g/mol. The number of hydrogen-bond acceptors (Lipinski definition) is 4. The van der Waals surface area contributed by atoms with Gasteiger partial charge in [0, 0.05) is 56.8 Å². The molecule has 0 radical (unpaired) electrons. The molecule has 3 fully saturated rings. The predicted octanol–water partition coefficient (Wildman–Crippen LogP) is 5.49. The van der Waals surface area contributed by atoms with Gasteiger partial charge in [-0.3, -0.25) is 14.4 Å². The lowest BCUT2D eigenvalue weighted by Crippen LogP contribution is -2.63. The first-order valence-electron chi connectivity index (χ1n) is 15.7. The van der Waals surface area contributed by atoms with Crippen LogP contribution < -0.4 is 5.56 Å². The lowest BCUT2D eigenvalue weighted by molar-refractivity contribution is -0.170. The van der Waals surface area contributed by atoms with Crippen molar-refractivity contribution in [3.05, 3.63) is 58.5 Å². The zero-order chi connectivity index (χ0) is 29.0. The molecule has 3 aliphatic rings. The lowest BCUT2D eigenvalue weighted by Gasteiger charge is -2.55. The van der Waals surface area contributed by atoms with Gasteiger partial charge in [-0.1, -0.05) is 81.7 Å². The molecular formula is C34H47N3O4. The van der Waals surface area contributed by atoms with E-state index in [0.717, 1.165) is 44.1 Å². The Balaban J connectivity index is 1.41. The number of aliphatic hydroxyl groups is 1. The zero-order valence-electron chi connectivity index (χ0n) is 24.9. The van der Waals surface area contributed by atoms with Gasteiger partial charge >= 0.3 is 0 Å². The number of rotatable bonds is 7. The third kappa shape index (κ3) is 6.30. The van der Waals surface area contributed by atoms with Crippen molar-refractivity contribution in [1.29, 1.82) is 0 Å². The minimum Gasteiger partial charge on any atom is -0.387 e. The SMILES string of the molecule is CN(C)C(=O)c1cn(CC2(O)CCN(C(=O)CCC3CCCCC3)CC23CCCCC3)c(=O)cc1-c1ccccc1. The third-order valence-corrected chi connectivity index (χ3v) is 10.2. The average Bonchev–Trinajstić information content (AvgIpc) is 2.99. The van der Waals surface area contributed by atoms with Gasteiger partial charge in [0.05, 0.1) is 17.7 Å². The second-order valence-corrected chi connectivity index (χ2v) is 13.1. The summed E-state index contributed by atoms with van der Waals surface area (Å²) >= 11 is 0. The number of amides is 2. The first kappa shape index (κ1) is 29.6. The summed E-state index contributed by atoms with van der Waals surface area (Å²) in [5, 5.41) is 12.4. The highest BCUT2D eigenvalue weighted by molar-refractivity contribution is 6.00. The predicted molar refractivity (Wildman–Crippen MR) is 162 cm³/mol. The number of pyridine rings is 1. The molecule has 2 aliphatic carbocycles. The fourth-order valence-electron chi connectivity index (χ4n) is 7.70. The van der Waals surface area contributed by atoms with Gasteiger partial charge in [-0.15, -0.1) is 0 Å². The molecule has 1 aromatic carbocycles. The number of carbonyl (C=O) groups excluding carboxylic acids is 2. The second kappa shape index (κ2) is 12.5. The number of benzene rings is 1. The monoisotopic (exact) mass is 561 g/mol. The number of nitrogens with zero attached hydrogens (tertiary/aromatic N) is 3. The van der Waals surface area contributed by atoms with E-state index in [1.165, 1.54) is 43.1 Å². The van der Waals surface area contributed by atoms with E-state index in [2.05, 4.69) is 0 Å². The Morgan fingerprint density at radius 2 is 1.66 bits per heavy atom. The Labute approximate surface area is 244 Å². The molecule has 1 saturated heterocycles. The summed E-state index contributed by atoms with van der Waals surface area (Å²) < 4.78 is 1.54. The first-order valence-corrected chi connectivity index (χ1v) is 15.7. The first-order chi connectivity index (χ1) is 19.7. The fourth-order valence-corrected chi connectivity index (χ4v) is 7.70. The summed E-state index contributed by atoms with van der Waals surface area (Å²) in [6, 6.07) is 11.0. The number of aromatic nitrogens is 1. The largest absolute Gasteiger partial charge is 0.387 e.